The van der Waals surface area contributed by atoms with Crippen LogP contribution in [0.2, 0.25) is 0 Å². The van der Waals surface area contributed by atoms with Crippen molar-refractivity contribution in [1.29, 1.82) is 0 Å². The van der Waals surface area contributed by atoms with Crippen LogP contribution in [-0.4, -0.2) is 74.0 Å². The number of carbonyl (C=O) groups excluding carboxylic acids is 4. The molecule has 0 aliphatic heterocycles. The first-order chi connectivity index (χ1) is 20.7. The highest BCUT2D eigenvalue weighted by molar-refractivity contribution is 5.93. The van der Waals surface area contributed by atoms with Gasteiger partial charge in [-0.2, -0.15) is 17.6 Å². The van der Waals surface area contributed by atoms with Crippen molar-refractivity contribution in [3.8, 4) is 0 Å². The number of halogens is 4. The fourth-order valence-corrected chi connectivity index (χ4v) is 3.57. The lowest BCUT2D eigenvalue weighted by Crippen LogP contribution is -2.58. The lowest BCUT2D eigenvalue weighted by Gasteiger charge is -2.26. The van der Waals surface area contributed by atoms with Gasteiger partial charge in [0.2, 0.25) is 11.8 Å². The molecule has 242 valence electrons. The van der Waals surface area contributed by atoms with Gasteiger partial charge in [-0.05, 0) is 31.9 Å². The van der Waals surface area contributed by atoms with Gasteiger partial charge in [-0.1, -0.05) is 60.7 Å². The van der Waals surface area contributed by atoms with Gasteiger partial charge in [-0.25, -0.2) is 9.59 Å². The van der Waals surface area contributed by atoms with Crippen LogP contribution in [0.5, 0.6) is 0 Å². The molecule has 3 N–H and O–H groups in total. The highest BCUT2D eigenvalue weighted by Crippen LogP contribution is 2.10. The maximum absolute atomic E-state index is 13.3. The number of alkyl halides is 4. The van der Waals surface area contributed by atoms with Gasteiger partial charge in [0, 0.05) is 6.42 Å². The molecule has 0 saturated heterocycles. The van der Waals surface area contributed by atoms with Crippen molar-refractivity contribution in [2.24, 2.45) is 0 Å². The molecule has 11 nitrogen and oxygen atoms in total. The van der Waals surface area contributed by atoms with E-state index in [1.54, 1.807) is 81.4 Å². The SMILES string of the molecule is CC(C)(C)OC(=O)N[C@@H](Cc1ccccc1)C(=O)N[C@@H](COC(F)F)C(=O)N[C@@H](COC(F)F)C(=O)OCc1ccccc1. The van der Waals surface area contributed by atoms with E-state index >= 15 is 0 Å². The number of carbonyl (C=O) groups is 4. The second-order valence-corrected chi connectivity index (χ2v) is 10.3. The summed E-state index contributed by atoms with van der Waals surface area (Å²) in [6, 6.07) is 11.7. The maximum Gasteiger partial charge on any atom is 0.408 e. The summed E-state index contributed by atoms with van der Waals surface area (Å²) < 4.78 is 70.1. The zero-order chi connectivity index (χ0) is 32.7. The highest BCUT2D eigenvalue weighted by Gasteiger charge is 2.32. The van der Waals surface area contributed by atoms with Crippen LogP contribution in [0, 0.1) is 0 Å². The molecule has 2 aromatic rings. The number of amides is 3. The van der Waals surface area contributed by atoms with Gasteiger partial charge in [0.15, 0.2) is 6.04 Å². The normalized spacial score (nSPS) is 13.5. The van der Waals surface area contributed by atoms with Crippen molar-refractivity contribution in [3.63, 3.8) is 0 Å². The molecular formula is C29H35F4N3O8. The number of benzene rings is 2. The van der Waals surface area contributed by atoms with E-state index in [4.69, 9.17) is 9.47 Å². The van der Waals surface area contributed by atoms with Crippen LogP contribution in [-0.2, 0) is 46.4 Å². The largest absolute Gasteiger partial charge is 0.459 e. The van der Waals surface area contributed by atoms with Gasteiger partial charge in [0.25, 0.3) is 0 Å². The third-order valence-electron chi connectivity index (χ3n) is 5.53. The van der Waals surface area contributed by atoms with Gasteiger partial charge in [-0.3, -0.25) is 9.59 Å². The second kappa shape index (κ2) is 17.8. The third kappa shape index (κ3) is 14.3. The predicted molar refractivity (Wildman–Crippen MR) is 147 cm³/mol. The average molecular weight is 630 g/mol. The Balaban J connectivity index is 2.22. The number of rotatable bonds is 16. The molecule has 15 heteroatoms. The van der Waals surface area contributed by atoms with Crippen LogP contribution in [0.1, 0.15) is 31.9 Å². The van der Waals surface area contributed by atoms with E-state index < -0.39 is 74.0 Å². The smallest absolute Gasteiger partial charge is 0.408 e. The first-order valence-electron chi connectivity index (χ1n) is 13.4. The van der Waals surface area contributed by atoms with Crippen molar-refractivity contribution in [2.45, 2.75) is 70.7 Å². The minimum atomic E-state index is -3.35. The van der Waals surface area contributed by atoms with Crippen LogP contribution >= 0.6 is 0 Å². The maximum atomic E-state index is 13.3. The molecule has 2 aromatic carbocycles. The molecule has 0 saturated carbocycles. The number of ether oxygens (including phenoxy) is 4. The summed E-state index contributed by atoms with van der Waals surface area (Å²) in [5.41, 5.74) is 0.229. The first-order valence-corrected chi connectivity index (χ1v) is 13.4. The standard InChI is InChI=1S/C29H35F4N3O8/c1-29(2,3)44-28(40)36-20(14-18-10-6-4-7-11-18)23(37)34-21(16-42-26(30)31)24(38)35-22(17-43-27(32)33)25(39)41-15-19-12-8-5-9-13-19/h4-13,20-22,26-27H,14-17H2,1-3H3,(H,34,37)(H,35,38)(H,36,40)/t20-,21-,22-/m0/s1. The number of alkyl carbamates (subject to hydrolysis) is 1. The number of nitrogens with one attached hydrogen (secondary N) is 3. The van der Waals surface area contributed by atoms with Crippen molar-refractivity contribution in [2.75, 3.05) is 13.2 Å². The molecule has 0 unspecified atom stereocenters. The zero-order valence-electron chi connectivity index (χ0n) is 24.3. The minimum absolute atomic E-state index is 0.0906. The molecule has 0 fully saturated rings. The summed E-state index contributed by atoms with van der Waals surface area (Å²) in [5, 5.41) is 6.67. The Bertz CT molecular complexity index is 1200. The van der Waals surface area contributed by atoms with E-state index in [1.807, 2.05) is 0 Å². The van der Waals surface area contributed by atoms with Gasteiger partial charge in [-0.15, -0.1) is 0 Å². The molecule has 44 heavy (non-hydrogen) atoms. The van der Waals surface area contributed by atoms with Crippen molar-refractivity contribution >= 4 is 23.9 Å². The molecule has 0 aliphatic carbocycles. The van der Waals surface area contributed by atoms with Crippen LogP contribution < -0.4 is 16.0 Å². The molecule has 0 radical (unpaired) electrons. The molecular weight excluding hydrogens is 594 g/mol. The Hall–Kier alpha value is -4.24. The molecule has 3 amide bonds. The number of esters is 1. The molecule has 3 atom stereocenters. The van der Waals surface area contributed by atoms with Crippen molar-refractivity contribution < 1.29 is 55.7 Å². The van der Waals surface area contributed by atoms with Crippen LogP contribution in [0.3, 0.4) is 0 Å². The van der Waals surface area contributed by atoms with Crippen molar-refractivity contribution in [1.82, 2.24) is 16.0 Å². The lowest BCUT2D eigenvalue weighted by molar-refractivity contribution is -0.163. The Labute approximate surface area is 251 Å². The van der Waals surface area contributed by atoms with Crippen LogP contribution in [0.25, 0.3) is 0 Å². The Kier molecular flexibility index (Phi) is 14.5. The molecule has 0 spiro atoms. The van der Waals surface area contributed by atoms with Gasteiger partial charge < -0.3 is 34.9 Å². The summed E-state index contributed by atoms with van der Waals surface area (Å²) in [5.74, 6) is -3.42. The fraction of sp³-hybridized carbons (Fsp3) is 0.448. The molecule has 2 rings (SSSR count). The first kappa shape index (κ1) is 36.0. The molecule has 0 aliphatic rings. The summed E-state index contributed by atoms with van der Waals surface area (Å²) in [4.78, 5) is 51.5. The van der Waals surface area contributed by atoms with Gasteiger partial charge in [0.1, 0.15) is 24.3 Å². The van der Waals surface area contributed by atoms with Gasteiger partial charge >= 0.3 is 25.3 Å². The number of hydrogen-bond donors (Lipinski definition) is 3. The predicted octanol–water partition coefficient (Wildman–Crippen LogP) is 3.31. The van der Waals surface area contributed by atoms with Crippen LogP contribution in [0.15, 0.2) is 60.7 Å². The Morgan fingerprint density at radius 2 is 1.16 bits per heavy atom. The Morgan fingerprint density at radius 3 is 1.68 bits per heavy atom. The summed E-state index contributed by atoms with van der Waals surface area (Å²) in [6.45, 7) is -4.26. The molecule has 0 heterocycles. The molecule has 0 aromatic heterocycles. The van der Waals surface area contributed by atoms with Crippen LogP contribution in [0.4, 0.5) is 22.4 Å². The molecule has 0 bridgehead atoms. The van der Waals surface area contributed by atoms with E-state index in [2.05, 4.69) is 25.4 Å². The van der Waals surface area contributed by atoms with E-state index in [0.29, 0.717) is 11.1 Å². The summed E-state index contributed by atoms with van der Waals surface area (Å²) >= 11 is 0. The van der Waals surface area contributed by atoms with Crippen molar-refractivity contribution in [3.05, 3.63) is 71.8 Å². The zero-order valence-corrected chi connectivity index (χ0v) is 24.3. The van der Waals surface area contributed by atoms with E-state index in [1.165, 1.54) is 0 Å². The average Bonchev–Trinajstić information content (AvgIpc) is 2.95. The highest BCUT2D eigenvalue weighted by atomic mass is 19.3. The number of hydrogen-bond acceptors (Lipinski definition) is 8. The summed E-state index contributed by atoms with van der Waals surface area (Å²) in [6.07, 6.45) is -1.06. The monoisotopic (exact) mass is 629 g/mol. The Morgan fingerprint density at radius 1 is 0.682 bits per heavy atom. The van der Waals surface area contributed by atoms with E-state index in [-0.39, 0.29) is 13.0 Å². The minimum Gasteiger partial charge on any atom is -0.459 e. The quantitative estimate of drug-likeness (QED) is 0.190. The summed E-state index contributed by atoms with van der Waals surface area (Å²) in [7, 11) is 0. The topological polar surface area (TPSA) is 141 Å². The fourth-order valence-electron chi connectivity index (χ4n) is 3.57. The lowest BCUT2D eigenvalue weighted by atomic mass is 10.0. The van der Waals surface area contributed by atoms with Gasteiger partial charge in [0.05, 0.1) is 13.2 Å². The third-order valence-corrected chi connectivity index (χ3v) is 5.53. The second-order valence-electron chi connectivity index (χ2n) is 10.3. The van der Waals surface area contributed by atoms with E-state index in [0.717, 1.165) is 0 Å². The van der Waals surface area contributed by atoms with E-state index in [9.17, 15) is 36.7 Å².